The molecule has 0 fully saturated rings. The van der Waals surface area contributed by atoms with E-state index in [2.05, 4.69) is 0 Å². The molecule has 1 aromatic rings. The van der Waals surface area contributed by atoms with Crippen LogP contribution < -0.4 is 0 Å². The molecule has 0 aromatic heterocycles. The third kappa shape index (κ3) is 3.49. The highest BCUT2D eigenvalue weighted by Crippen LogP contribution is 2.16. The van der Waals surface area contributed by atoms with E-state index in [9.17, 15) is 9.18 Å². The number of carbonyl (C=O) groups is 1. The largest absolute Gasteiger partial charge is 0.479 e. The molecule has 0 saturated carbocycles. The van der Waals surface area contributed by atoms with Gasteiger partial charge in [-0.05, 0) is 25.1 Å². The Balaban J connectivity index is 2.65. The molecular formula is C10H10ClFO3. The Bertz CT molecular complexity index is 368. The standard InChI is InChI=1S/C10H10ClFO3/c1-6(10(13)14)15-5-7-4-8(11)2-3-9(7)12/h2-4,6H,5H2,1H3,(H,13,14)/t6-/m1/s1. The first-order chi connectivity index (χ1) is 7.00. The van der Waals surface area contributed by atoms with Gasteiger partial charge in [-0.25, -0.2) is 9.18 Å². The third-order valence-electron chi connectivity index (χ3n) is 1.84. The molecule has 1 N–H and O–H groups in total. The zero-order valence-corrected chi connectivity index (χ0v) is 8.79. The van der Waals surface area contributed by atoms with Crippen molar-refractivity contribution >= 4 is 17.6 Å². The summed E-state index contributed by atoms with van der Waals surface area (Å²) in [5, 5.41) is 8.93. The summed E-state index contributed by atoms with van der Waals surface area (Å²) < 4.78 is 18.1. The van der Waals surface area contributed by atoms with Gasteiger partial charge in [0.15, 0.2) is 6.10 Å². The first-order valence-electron chi connectivity index (χ1n) is 4.29. The summed E-state index contributed by atoms with van der Waals surface area (Å²) in [6.45, 7) is 1.27. The Morgan fingerprint density at radius 2 is 2.33 bits per heavy atom. The molecule has 0 saturated heterocycles. The lowest BCUT2D eigenvalue weighted by Gasteiger charge is -2.09. The maximum atomic E-state index is 13.1. The first-order valence-corrected chi connectivity index (χ1v) is 4.67. The number of ether oxygens (including phenoxy) is 1. The van der Waals surface area contributed by atoms with Gasteiger partial charge < -0.3 is 9.84 Å². The van der Waals surface area contributed by atoms with E-state index in [1.54, 1.807) is 0 Å². The lowest BCUT2D eigenvalue weighted by Crippen LogP contribution is -2.19. The molecule has 0 bridgehead atoms. The summed E-state index contributed by atoms with van der Waals surface area (Å²) in [5.74, 6) is -1.55. The quantitative estimate of drug-likeness (QED) is 0.868. The van der Waals surface area contributed by atoms with Crippen LogP contribution in [0.25, 0.3) is 0 Å². The number of aliphatic carboxylic acids is 1. The van der Waals surface area contributed by atoms with Crippen LogP contribution >= 0.6 is 11.6 Å². The number of carboxylic acid groups (broad SMARTS) is 1. The molecule has 5 heteroatoms. The second-order valence-electron chi connectivity index (χ2n) is 3.03. The normalized spacial score (nSPS) is 12.5. The summed E-state index contributed by atoms with van der Waals surface area (Å²) >= 11 is 5.66. The molecule has 0 amide bonds. The van der Waals surface area contributed by atoms with E-state index in [0.29, 0.717) is 5.02 Å². The molecular weight excluding hydrogens is 223 g/mol. The summed E-state index contributed by atoms with van der Waals surface area (Å²) in [6, 6.07) is 4.04. The van der Waals surface area contributed by atoms with Crippen LogP contribution in [-0.2, 0) is 16.1 Å². The molecule has 82 valence electrons. The highest BCUT2D eigenvalue weighted by atomic mass is 35.5. The molecule has 0 unspecified atom stereocenters. The van der Waals surface area contributed by atoms with Crippen LogP contribution in [0.1, 0.15) is 12.5 Å². The first kappa shape index (κ1) is 11.9. The number of hydrogen-bond acceptors (Lipinski definition) is 2. The van der Waals surface area contributed by atoms with Crippen LogP contribution in [0.15, 0.2) is 18.2 Å². The van der Waals surface area contributed by atoms with E-state index in [0.717, 1.165) is 0 Å². The Kier molecular flexibility index (Phi) is 4.05. The van der Waals surface area contributed by atoms with Gasteiger partial charge in [0.05, 0.1) is 6.61 Å². The Hall–Kier alpha value is -1.13. The van der Waals surface area contributed by atoms with Crippen molar-refractivity contribution < 1.29 is 19.0 Å². The second-order valence-corrected chi connectivity index (χ2v) is 3.46. The van der Waals surface area contributed by atoms with Gasteiger partial charge >= 0.3 is 5.97 Å². The minimum absolute atomic E-state index is 0.111. The summed E-state index contributed by atoms with van der Waals surface area (Å²) in [7, 11) is 0. The second kappa shape index (κ2) is 5.09. The summed E-state index contributed by atoms with van der Waals surface area (Å²) in [5.41, 5.74) is 0.246. The van der Waals surface area contributed by atoms with Crippen molar-refractivity contribution in [3.63, 3.8) is 0 Å². The Morgan fingerprint density at radius 1 is 1.67 bits per heavy atom. The molecule has 0 aliphatic carbocycles. The summed E-state index contributed by atoms with van der Waals surface area (Å²) in [6.07, 6.45) is -0.969. The molecule has 3 nitrogen and oxygen atoms in total. The lowest BCUT2D eigenvalue weighted by atomic mass is 10.2. The van der Waals surface area contributed by atoms with Crippen molar-refractivity contribution in [1.29, 1.82) is 0 Å². The predicted molar refractivity (Wildman–Crippen MR) is 53.3 cm³/mol. The number of carboxylic acids is 1. The minimum Gasteiger partial charge on any atom is -0.479 e. The number of hydrogen-bond donors (Lipinski definition) is 1. The third-order valence-corrected chi connectivity index (χ3v) is 2.08. The van der Waals surface area contributed by atoms with Crippen LogP contribution in [0, 0.1) is 5.82 Å². The molecule has 1 rings (SSSR count). The molecule has 0 aliphatic rings. The van der Waals surface area contributed by atoms with Crippen LogP contribution in [0.5, 0.6) is 0 Å². The molecule has 1 aromatic carbocycles. The fraction of sp³-hybridized carbons (Fsp3) is 0.300. The van der Waals surface area contributed by atoms with Crippen molar-refractivity contribution in [2.24, 2.45) is 0 Å². The van der Waals surface area contributed by atoms with Gasteiger partial charge in [0.25, 0.3) is 0 Å². The van der Waals surface area contributed by atoms with E-state index in [-0.39, 0.29) is 12.2 Å². The van der Waals surface area contributed by atoms with Gasteiger partial charge in [-0.2, -0.15) is 0 Å². The SMILES string of the molecule is C[C@@H](OCc1cc(Cl)ccc1F)C(=O)O. The number of rotatable bonds is 4. The smallest absolute Gasteiger partial charge is 0.332 e. The van der Waals surface area contributed by atoms with Gasteiger partial charge in [-0.15, -0.1) is 0 Å². The fourth-order valence-electron chi connectivity index (χ4n) is 0.940. The van der Waals surface area contributed by atoms with Crippen molar-refractivity contribution in [3.8, 4) is 0 Å². The number of benzene rings is 1. The zero-order chi connectivity index (χ0) is 11.4. The fourth-order valence-corrected chi connectivity index (χ4v) is 1.13. The van der Waals surface area contributed by atoms with Crippen LogP contribution in [-0.4, -0.2) is 17.2 Å². The van der Waals surface area contributed by atoms with E-state index >= 15 is 0 Å². The molecule has 0 spiro atoms. The average Bonchev–Trinajstić information content (AvgIpc) is 2.18. The highest BCUT2D eigenvalue weighted by Gasteiger charge is 2.12. The molecule has 0 heterocycles. The Morgan fingerprint density at radius 3 is 2.93 bits per heavy atom. The van der Waals surface area contributed by atoms with Gasteiger partial charge in [0, 0.05) is 10.6 Å². The van der Waals surface area contributed by atoms with Crippen molar-refractivity contribution in [1.82, 2.24) is 0 Å². The summed E-state index contributed by atoms with van der Waals surface area (Å²) in [4.78, 5) is 10.4. The van der Waals surface area contributed by atoms with Crippen LogP contribution in [0.4, 0.5) is 4.39 Å². The maximum Gasteiger partial charge on any atom is 0.332 e. The van der Waals surface area contributed by atoms with Gasteiger partial charge in [-0.1, -0.05) is 11.6 Å². The Labute approximate surface area is 91.4 Å². The van der Waals surface area contributed by atoms with E-state index in [4.69, 9.17) is 21.4 Å². The lowest BCUT2D eigenvalue weighted by molar-refractivity contribution is -0.149. The molecule has 15 heavy (non-hydrogen) atoms. The van der Waals surface area contributed by atoms with Crippen LogP contribution in [0.2, 0.25) is 5.02 Å². The highest BCUT2D eigenvalue weighted by molar-refractivity contribution is 6.30. The van der Waals surface area contributed by atoms with E-state index < -0.39 is 17.9 Å². The number of halogens is 2. The van der Waals surface area contributed by atoms with Crippen molar-refractivity contribution in [3.05, 3.63) is 34.6 Å². The topological polar surface area (TPSA) is 46.5 Å². The molecule has 0 aliphatic heterocycles. The molecule has 0 radical (unpaired) electrons. The maximum absolute atomic E-state index is 13.1. The monoisotopic (exact) mass is 232 g/mol. The minimum atomic E-state index is -1.09. The predicted octanol–water partition coefficient (Wildman–Crippen LogP) is 2.47. The van der Waals surface area contributed by atoms with Crippen molar-refractivity contribution in [2.75, 3.05) is 0 Å². The van der Waals surface area contributed by atoms with Gasteiger partial charge in [0.1, 0.15) is 5.82 Å². The van der Waals surface area contributed by atoms with Crippen LogP contribution in [0.3, 0.4) is 0 Å². The molecule has 1 atom stereocenters. The van der Waals surface area contributed by atoms with Crippen molar-refractivity contribution in [2.45, 2.75) is 19.6 Å². The van der Waals surface area contributed by atoms with E-state index in [1.165, 1.54) is 25.1 Å². The zero-order valence-electron chi connectivity index (χ0n) is 8.04. The van der Waals surface area contributed by atoms with Gasteiger partial charge in [0.2, 0.25) is 0 Å². The van der Waals surface area contributed by atoms with Gasteiger partial charge in [-0.3, -0.25) is 0 Å². The average molecular weight is 233 g/mol. The van der Waals surface area contributed by atoms with E-state index in [1.807, 2.05) is 0 Å².